The highest BCUT2D eigenvalue weighted by Crippen LogP contribution is 2.25. The normalized spacial score (nSPS) is 11.1. The van der Waals surface area contributed by atoms with Crippen LogP contribution in [0.5, 0.6) is 0 Å². The molecular weight excluding hydrogens is 278 g/mol. The van der Waals surface area contributed by atoms with E-state index in [2.05, 4.69) is 5.32 Å². The van der Waals surface area contributed by atoms with E-state index in [0.717, 1.165) is 11.8 Å². The molecule has 6 heteroatoms. The molecule has 2 rings (SSSR count). The van der Waals surface area contributed by atoms with Crippen molar-refractivity contribution in [1.82, 2.24) is 0 Å². The number of sulfone groups is 1. The van der Waals surface area contributed by atoms with Gasteiger partial charge >= 0.3 is 6.09 Å². The Labute approximate surface area is 116 Å². The van der Waals surface area contributed by atoms with Gasteiger partial charge in [0.1, 0.15) is 0 Å². The maximum Gasteiger partial charge on any atom is 0.409 e. The van der Waals surface area contributed by atoms with Gasteiger partial charge in [0.25, 0.3) is 0 Å². The van der Waals surface area contributed by atoms with E-state index in [1.807, 2.05) is 0 Å². The Morgan fingerprint density at radius 3 is 2.25 bits per heavy atom. The fraction of sp³-hybridized carbons (Fsp3) is 0.0714. The minimum Gasteiger partial charge on any atom is -0.465 e. The van der Waals surface area contributed by atoms with Crippen molar-refractivity contribution in [3.05, 3.63) is 48.5 Å². The molecule has 0 unspecified atom stereocenters. The molecule has 0 aliphatic rings. The van der Waals surface area contributed by atoms with Crippen LogP contribution in [0.2, 0.25) is 0 Å². The molecule has 104 valence electrons. The Bertz CT molecular complexity index is 753. The zero-order chi connectivity index (χ0) is 14.8. The number of benzene rings is 2. The van der Waals surface area contributed by atoms with Gasteiger partial charge in [-0.25, -0.2) is 13.2 Å². The van der Waals surface area contributed by atoms with Crippen molar-refractivity contribution >= 4 is 21.6 Å². The van der Waals surface area contributed by atoms with Gasteiger partial charge in [0, 0.05) is 11.9 Å². The molecule has 20 heavy (non-hydrogen) atoms. The average molecular weight is 291 g/mol. The molecular formula is C14H13NO4S. The first-order valence-corrected chi connectivity index (χ1v) is 7.66. The average Bonchev–Trinajstić information content (AvgIpc) is 2.37. The van der Waals surface area contributed by atoms with Crippen molar-refractivity contribution in [2.75, 3.05) is 11.6 Å². The van der Waals surface area contributed by atoms with Crippen LogP contribution in [0.25, 0.3) is 11.1 Å². The van der Waals surface area contributed by atoms with Gasteiger partial charge in [0.15, 0.2) is 9.84 Å². The van der Waals surface area contributed by atoms with E-state index >= 15 is 0 Å². The van der Waals surface area contributed by atoms with E-state index in [-0.39, 0.29) is 4.90 Å². The first-order chi connectivity index (χ1) is 9.36. The number of rotatable bonds is 3. The topological polar surface area (TPSA) is 83.5 Å². The van der Waals surface area contributed by atoms with E-state index in [9.17, 15) is 13.2 Å². The van der Waals surface area contributed by atoms with E-state index in [1.165, 1.54) is 6.07 Å². The zero-order valence-corrected chi connectivity index (χ0v) is 11.5. The monoisotopic (exact) mass is 291 g/mol. The van der Waals surface area contributed by atoms with Gasteiger partial charge in [-0.05, 0) is 35.4 Å². The fourth-order valence-corrected chi connectivity index (χ4v) is 2.47. The summed E-state index contributed by atoms with van der Waals surface area (Å²) in [7, 11) is -3.27. The van der Waals surface area contributed by atoms with Crippen molar-refractivity contribution in [1.29, 1.82) is 0 Å². The van der Waals surface area contributed by atoms with Crippen molar-refractivity contribution in [3.8, 4) is 11.1 Å². The summed E-state index contributed by atoms with van der Waals surface area (Å²) in [5.41, 5.74) is 1.88. The molecule has 0 fully saturated rings. The molecule has 1 amide bonds. The van der Waals surface area contributed by atoms with E-state index in [0.29, 0.717) is 11.3 Å². The number of carbonyl (C=O) groups is 1. The number of anilines is 1. The molecule has 0 aliphatic carbocycles. The number of amides is 1. The number of carboxylic acid groups (broad SMARTS) is 1. The highest BCUT2D eigenvalue weighted by atomic mass is 32.2. The van der Waals surface area contributed by atoms with E-state index in [1.54, 1.807) is 42.5 Å². The SMILES string of the molecule is CS(=O)(=O)c1cccc(-c2cccc(NC(=O)O)c2)c1. The third-order valence-corrected chi connectivity index (χ3v) is 3.82. The number of nitrogens with one attached hydrogen (secondary N) is 1. The second-order valence-electron chi connectivity index (χ2n) is 4.31. The molecule has 5 nitrogen and oxygen atoms in total. The number of hydrogen-bond acceptors (Lipinski definition) is 3. The van der Waals surface area contributed by atoms with Gasteiger partial charge in [-0.15, -0.1) is 0 Å². The molecule has 0 atom stereocenters. The Balaban J connectivity index is 2.44. The first-order valence-electron chi connectivity index (χ1n) is 5.77. The van der Waals surface area contributed by atoms with Crippen molar-refractivity contribution in [3.63, 3.8) is 0 Å². The summed E-state index contributed by atoms with van der Waals surface area (Å²) in [6.45, 7) is 0. The molecule has 0 saturated heterocycles. The predicted molar refractivity (Wildman–Crippen MR) is 76.6 cm³/mol. The van der Waals surface area contributed by atoms with Crippen molar-refractivity contribution in [2.24, 2.45) is 0 Å². The van der Waals surface area contributed by atoms with Crippen LogP contribution in [0.1, 0.15) is 0 Å². The van der Waals surface area contributed by atoms with Gasteiger partial charge in [0.05, 0.1) is 4.90 Å². The molecule has 0 heterocycles. The second-order valence-corrected chi connectivity index (χ2v) is 6.33. The smallest absolute Gasteiger partial charge is 0.409 e. The summed E-state index contributed by atoms with van der Waals surface area (Å²) in [6, 6.07) is 13.3. The highest BCUT2D eigenvalue weighted by molar-refractivity contribution is 7.90. The molecule has 0 aliphatic heterocycles. The van der Waals surface area contributed by atoms with E-state index in [4.69, 9.17) is 5.11 Å². The van der Waals surface area contributed by atoms with Crippen LogP contribution >= 0.6 is 0 Å². The quantitative estimate of drug-likeness (QED) is 0.910. The summed E-state index contributed by atoms with van der Waals surface area (Å²) < 4.78 is 23.1. The fourth-order valence-electron chi connectivity index (χ4n) is 1.81. The summed E-state index contributed by atoms with van der Waals surface area (Å²) in [4.78, 5) is 10.8. The summed E-state index contributed by atoms with van der Waals surface area (Å²) >= 11 is 0. The standard InChI is InChI=1S/C14H13NO4S/c1-20(18,19)13-7-3-5-11(9-13)10-4-2-6-12(8-10)15-14(16)17/h2-9,15H,1H3,(H,16,17). The summed E-state index contributed by atoms with van der Waals surface area (Å²) in [5.74, 6) is 0. The first kappa shape index (κ1) is 14.1. The minimum atomic E-state index is -3.27. The summed E-state index contributed by atoms with van der Waals surface area (Å²) in [6.07, 6.45) is 0.00108. The van der Waals surface area contributed by atoms with Crippen molar-refractivity contribution in [2.45, 2.75) is 4.90 Å². The highest BCUT2D eigenvalue weighted by Gasteiger charge is 2.08. The Morgan fingerprint density at radius 1 is 1.05 bits per heavy atom. The molecule has 2 aromatic carbocycles. The molecule has 0 spiro atoms. The van der Waals surface area contributed by atoms with Gasteiger partial charge < -0.3 is 5.11 Å². The van der Waals surface area contributed by atoms with Gasteiger partial charge in [-0.3, -0.25) is 5.32 Å². The van der Waals surface area contributed by atoms with Crippen LogP contribution in [-0.4, -0.2) is 25.9 Å². The third kappa shape index (κ3) is 3.36. The number of hydrogen-bond donors (Lipinski definition) is 2. The lowest BCUT2D eigenvalue weighted by molar-refractivity contribution is 0.210. The lowest BCUT2D eigenvalue weighted by Gasteiger charge is -2.07. The van der Waals surface area contributed by atoms with Crippen LogP contribution in [0, 0.1) is 0 Å². The molecule has 0 saturated carbocycles. The predicted octanol–water partition coefficient (Wildman–Crippen LogP) is 2.85. The van der Waals surface area contributed by atoms with Crippen LogP contribution in [-0.2, 0) is 9.84 Å². The molecule has 0 radical (unpaired) electrons. The zero-order valence-electron chi connectivity index (χ0n) is 10.7. The largest absolute Gasteiger partial charge is 0.465 e. The molecule has 2 N–H and O–H groups in total. The minimum absolute atomic E-state index is 0.228. The Hall–Kier alpha value is -2.34. The summed E-state index contributed by atoms with van der Waals surface area (Å²) in [5, 5.41) is 10.9. The molecule has 0 aromatic heterocycles. The lowest BCUT2D eigenvalue weighted by atomic mass is 10.1. The third-order valence-electron chi connectivity index (χ3n) is 2.71. The molecule has 0 bridgehead atoms. The lowest BCUT2D eigenvalue weighted by Crippen LogP contribution is -2.06. The van der Waals surface area contributed by atoms with Crippen molar-refractivity contribution < 1.29 is 18.3 Å². The van der Waals surface area contributed by atoms with Gasteiger partial charge in [-0.1, -0.05) is 24.3 Å². The van der Waals surface area contributed by atoms with Crippen LogP contribution in [0.15, 0.2) is 53.4 Å². The van der Waals surface area contributed by atoms with E-state index < -0.39 is 15.9 Å². The van der Waals surface area contributed by atoms with Crippen LogP contribution in [0.3, 0.4) is 0 Å². The van der Waals surface area contributed by atoms with Gasteiger partial charge in [-0.2, -0.15) is 0 Å². The van der Waals surface area contributed by atoms with Crippen LogP contribution < -0.4 is 5.32 Å². The van der Waals surface area contributed by atoms with Crippen LogP contribution in [0.4, 0.5) is 10.5 Å². The maximum absolute atomic E-state index is 11.5. The van der Waals surface area contributed by atoms with Gasteiger partial charge in [0.2, 0.25) is 0 Å². The Kier molecular flexibility index (Phi) is 3.76. The second kappa shape index (κ2) is 5.34. The Morgan fingerprint density at radius 2 is 1.65 bits per heavy atom. The molecule has 2 aromatic rings. The maximum atomic E-state index is 11.5.